The Hall–Kier alpha value is -0.890. The molecule has 110 valence electrons. The molecule has 0 saturated carbocycles. The van der Waals surface area contributed by atoms with Crippen LogP contribution in [0.5, 0.6) is 0 Å². The number of allylic oxidation sites excluding steroid dienone is 1. The van der Waals surface area contributed by atoms with Crippen molar-refractivity contribution in [3.63, 3.8) is 0 Å². The molecule has 1 aromatic carbocycles. The predicted octanol–water partition coefficient (Wildman–Crippen LogP) is 6.17. The van der Waals surface area contributed by atoms with Gasteiger partial charge in [0.1, 0.15) is 0 Å². The molecular formula is C18H25BrO. The summed E-state index contributed by atoms with van der Waals surface area (Å²) in [5.41, 5.74) is 1.07. The van der Waals surface area contributed by atoms with E-state index in [1.807, 2.05) is 30.3 Å². The van der Waals surface area contributed by atoms with Crippen molar-refractivity contribution in [3.8, 4) is 0 Å². The van der Waals surface area contributed by atoms with Gasteiger partial charge in [-0.3, -0.25) is 4.79 Å². The molecule has 0 aromatic heterocycles. The van der Waals surface area contributed by atoms with E-state index in [0.29, 0.717) is 6.42 Å². The summed E-state index contributed by atoms with van der Waals surface area (Å²) in [6.45, 7) is 2.23. The van der Waals surface area contributed by atoms with Crippen LogP contribution < -0.4 is 0 Å². The molecule has 1 nitrogen and oxygen atoms in total. The zero-order valence-electron chi connectivity index (χ0n) is 12.4. The van der Waals surface area contributed by atoms with E-state index in [0.717, 1.165) is 16.5 Å². The standard InChI is InChI=1S/C18H25BrO/c1-2-3-4-5-6-7-8-9-18(20)15-12-16-10-13-17(19)14-11-16/h10-15H,2-9H2,1H3/b15-12+. The van der Waals surface area contributed by atoms with Gasteiger partial charge in [-0.05, 0) is 30.2 Å². The summed E-state index contributed by atoms with van der Waals surface area (Å²) in [5.74, 6) is 0.237. The molecule has 0 fully saturated rings. The van der Waals surface area contributed by atoms with Crippen LogP contribution in [-0.2, 0) is 4.79 Å². The summed E-state index contributed by atoms with van der Waals surface area (Å²) >= 11 is 3.40. The van der Waals surface area contributed by atoms with Gasteiger partial charge in [-0.1, -0.05) is 79.6 Å². The SMILES string of the molecule is CCCCCCCCCC(=O)/C=C/c1ccc(Br)cc1. The van der Waals surface area contributed by atoms with Crippen molar-refractivity contribution in [1.29, 1.82) is 0 Å². The van der Waals surface area contributed by atoms with E-state index in [1.165, 1.54) is 38.5 Å². The lowest BCUT2D eigenvalue weighted by atomic mass is 10.1. The molecule has 0 heterocycles. The fourth-order valence-corrected chi connectivity index (χ4v) is 2.37. The molecule has 0 spiro atoms. The summed E-state index contributed by atoms with van der Waals surface area (Å²) in [6.07, 6.45) is 13.1. The van der Waals surface area contributed by atoms with E-state index in [9.17, 15) is 4.79 Å². The number of hydrogen-bond donors (Lipinski definition) is 0. The van der Waals surface area contributed by atoms with Gasteiger partial charge in [0.15, 0.2) is 5.78 Å². The van der Waals surface area contributed by atoms with Crippen LogP contribution in [-0.4, -0.2) is 5.78 Å². The Balaban J connectivity index is 2.12. The Morgan fingerprint density at radius 1 is 1.00 bits per heavy atom. The summed E-state index contributed by atoms with van der Waals surface area (Å²) in [7, 11) is 0. The molecule has 0 radical (unpaired) electrons. The van der Waals surface area contributed by atoms with Crippen molar-refractivity contribution >= 4 is 27.8 Å². The smallest absolute Gasteiger partial charge is 0.155 e. The fraction of sp³-hybridized carbons (Fsp3) is 0.500. The molecule has 0 saturated heterocycles. The lowest BCUT2D eigenvalue weighted by molar-refractivity contribution is -0.114. The molecule has 0 N–H and O–H groups in total. The lowest BCUT2D eigenvalue weighted by Gasteiger charge is -1.99. The van der Waals surface area contributed by atoms with Gasteiger partial charge in [-0.15, -0.1) is 0 Å². The number of benzene rings is 1. The van der Waals surface area contributed by atoms with Crippen LogP contribution >= 0.6 is 15.9 Å². The summed E-state index contributed by atoms with van der Waals surface area (Å²) < 4.78 is 1.06. The number of halogens is 1. The van der Waals surface area contributed by atoms with E-state index >= 15 is 0 Å². The van der Waals surface area contributed by atoms with Crippen molar-refractivity contribution < 1.29 is 4.79 Å². The second kappa shape index (κ2) is 10.8. The second-order valence-electron chi connectivity index (χ2n) is 5.22. The molecule has 0 amide bonds. The first-order valence-corrected chi connectivity index (χ1v) is 8.48. The number of ketones is 1. The number of carbonyl (C=O) groups is 1. The Bertz CT molecular complexity index is 406. The molecule has 1 aromatic rings. The van der Waals surface area contributed by atoms with E-state index in [1.54, 1.807) is 6.08 Å². The van der Waals surface area contributed by atoms with Gasteiger partial charge >= 0.3 is 0 Å². The van der Waals surface area contributed by atoms with Gasteiger partial charge in [0.2, 0.25) is 0 Å². The molecular weight excluding hydrogens is 312 g/mol. The Labute approximate surface area is 131 Å². The topological polar surface area (TPSA) is 17.1 Å². The minimum absolute atomic E-state index is 0.237. The van der Waals surface area contributed by atoms with Crippen LogP contribution in [0.15, 0.2) is 34.8 Å². The van der Waals surface area contributed by atoms with E-state index < -0.39 is 0 Å². The van der Waals surface area contributed by atoms with Crippen molar-refractivity contribution in [2.45, 2.75) is 58.3 Å². The molecule has 1 rings (SSSR count). The maximum atomic E-state index is 11.7. The van der Waals surface area contributed by atoms with E-state index in [2.05, 4.69) is 22.9 Å². The lowest BCUT2D eigenvalue weighted by Crippen LogP contribution is -1.92. The molecule has 0 bridgehead atoms. The minimum Gasteiger partial charge on any atom is -0.295 e. The predicted molar refractivity (Wildman–Crippen MR) is 90.8 cm³/mol. The van der Waals surface area contributed by atoms with Crippen molar-refractivity contribution in [3.05, 3.63) is 40.4 Å². The third-order valence-electron chi connectivity index (χ3n) is 3.36. The van der Waals surface area contributed by atoms with Crippen LogP contribution in [0, 0.1) is 0 Å². The molecule has 0 atom stereocenters. The average molecular weight is 337 g/mol. The normalized spacial score (nSPS) is 11.1. The molecule has 0 unspecified atom stereocenters. The molecule has 2 heteroatoms. The average Bonchev–Trinajstić information content (AvgIpc) is 2.46. The third-order valence-corrected chi connectivity index (χ3v) is 3.89. The van der Waals surface area contributed by atoms with Crippen LogP contribution in [0.1, 0.15) is 63.9 Å². The van der Waals surface area contributed by atoms with E-state index in [4.69, 9.17) is 0 Å². The Morgan fingerprint density at radius 3 is 2.25 bits per heavy atom. The monoisotopic (exact) mass is 336 g/mol. The van der Waals surface area contributed by atoms with Gasteiger partial charge in [-0.2, -0.15) is 0 Å². The number of hydrogen-bond acceptors (Lipinski definition) is 1. The summed E-state index contributed by atoms with van der Waals surface area (Å²) in [6, 6.07) is 7.98. The second-order valence-corrected chi connectivity index (χ2v) is 6.14. The zero-order valence-corrected chi connectivity index (χ0v) is 14.0. The van der Waals surface area contributed by atoms with Crippen molar-refractivity contribution in [1.82, 2.24) is 0 Å². The molecule has 0 aliphatic heterocycles. The number of rotatable bonds is 10. The van der Waals surface area contributed by atoms with Crippen LogP contribution in [0.4, 0.5) is 0 Å². The van der Waals surface area contributed by atoms with Crippen LogP contribution in [0.3, 0.4) is 0 Å². The van der Waals surface area contributed by atoms with E-state index in [-0.39, 0.29) is 5.78 Å². The highest BCUT2D eigenvalue weighted by molar-refractivity contribution is 9.10. The van der Waals surface area contributed by atoms with Crippen molar-refractivity contribution in [2.75, 3.05) is 0 Å². The zero-order chi connectivity index (χ0) is 14.6. The highest BCUT2D eigenvalue weighted by atomic mass is 79.9. The van der Waals surface area contributed by atoms with Crippen LogP contribution in [0.25, 0.3) is 6.08 Å². The molecule has 20 heavy (non-hydrogen) atoms. The van der Waals surface area contributed by atoms with Gasteiger partial charge in [0, 0.05) is 10.9 Å². The van der Waals surface area contributed by atoms with Crippen LogP contribution in [0.2, 0.25) is 0 Å². The summed E-state index contributed by atoms with van der Waals surface area (Å²) in [4.78, 5) is 11.7. The third kappa shape index (κ3) is 8.31. The fourth-order valence-electron chi connectivity index (χ4n) is 2.10. The van der Waals surface area contributed by atoms with Crippen molar-refractivity contribution in [2.24, 2.45) is 0 Å². The van der Waals surface area contributed by atoms with Gasteiger partial charge in [0.05, 0.1) is 0 Å². The maximum absolute atomic E-state index is 11.7. The van der Waals surface area contributed by atoms with Gasteiger partial charge < -0.3 is 0 Å². The first kappa shape index (κ1) is 17.2. The Kier molecular flexibility index (Phi) is 9.31. The highest BCUT2D eigenvalue weighted by Gasteiger charge is 1.97. The highest BCUT2D eigenvalue weighted by Crippen LogP contribution is 2.12. The maximum Gasteiger partial charge on any atom is 0.155 e. The minimum atomic E-state index is 0.237. The van der Waals surface area contributed by atoms with Gasteiger partial charge in [-0.25, -0.2) is 0 Å². The van der Waals surface area contributed by atoms with Gasteiger partial charge in [0.25, 0.3) is 0 Å². The number of carbonyl (C=O) groups excluding carboxylic acids is 1. The molecule has 0 aliphatic carbocycles. The number of unbranched alkanes of at least 4 members (excludes halogenated alkanes) is 6. The first-order valence-electron chi connectivity index (χ1n) is 7.69. The quantitative estimate of drug-likeness (QED) is 0.368. The molecule has 0 aliphatic rings. The largest absolute Gasteiger partial charge is 0.295 e. The Morgan fingerprint density at radius 2 is 1.60 bits per heavy atom. The first-order chi connectivity index (χ1) is 9.72. The summed E-state index contributed by atoms with van der Waals surface area (Å²) in [5, 5.41) is 0.